The molecule has 1 aromatic heterocycles. The summed E-state index contributed by atoms with van der Waals surface area (Å²) >= 11 is 0. The second kappa shape index (κ2) is 9.63. The molecule has 0 saturated carbocycles. The van der Waals surface area contributed by atoms with E-state index in [1.807, 2.05) is 23.2 Å². The molecule has 3 aromatic rings. The summed E-state index contributed by atoms with van der Waals surface area (Å²) in [6.45, 7) is 8.65. The number of carbonyl (C=O) groups is 1. The highest BCUT2D eigenvalue weighted by Gasteiger charge is 2.20. The van der Waals surface area contributed by atoms with E-state index in [-0.39, 0.29) is 5.91 Å². The normalized spacial score (nSPS) is 19.6. The molecule has 5 rings (SSSR count). The summed E-state index contributed by atoms with van der Waals surface area (Å²) in [5, 5.41) is 2.00. The fraction of sp³-hybridized carbons (Fsp3) is 0.462. The number of hydrazine groups is 1. The van der Waals surface area contributed by atoms with Crippen molar-refractivity contribution in [2.45, 2.75) is 32.2 Å². The molecule has 2 N–H and O–H groups in total. The third kappa shape index (κ3) is 4.81. The zero-order valence-electron chi connectivity index (χ0n) is 19.7. The molecule has 0 bridgehead atoms. The van der Waals surface area contributed by atoms with Gasteiger partial charge in [-0.1, -0.05) is 30.3 Å². The minimum atomic E-state index is -0.0900. The van der Waals surface area contributed by atoms with Gasteiger partial charge in [0.25, 0.3) is 5.91 Å². The summed E-state index contributed by atoms with van der Waals surface area (Å²) < 4.78 is 0. The molecule has 0 aliphatic carbocycles. The number of aromatic nitrogens is 2. The van der Waals surface area contributed by atoms with Gasteiger partial charge in [0, 0.05) is 44.3 Å². The van der Waals surface area contributed by atoms with Crippen LogP contribution in [0.5, 0.6) is 0 Å². The Morgan fingerprint density at radius 2 is 1.76 bits per heavy atom. The van der Waals surface area contributed by atoms with Crippen molar-refractivity contribution in [3.05, 3.63) is 53.6 Å². The monoisotopic (exact) mass is 446 g/mol. The molecule has 1 amide bonds. The topological polar surface area (TPSA) is 67.5 Å². The van der Waals surface area contributed by atoms with Gasteiger partial charge in [-0.15, -0.1) is 0 Å². The molecule has 7 heteroatoms. The van der Waals surface area contributed by atoms with Crippen molar-refractivity contribution in [3.63, 3.8) is 0 Å². The average Bonchev–Trinajstić information content (AvgIpc) is 3.45. The van der Waals surface area contributed by atoms with E-state index in [4.69, 9.17) is 4.98 Å². The van der Waals surface area contributed by atoms with E-state index in [9.17, 15) is 4.79 Å². The number of benzene rings is 2. The first-order valence-electron chi connectivity index (χ1n) is 12.2. The molecule has 2 aliphatic rings. The molecule has 0 radical (unpaired) electrons. The summed E-state index contributed by atoms with van der Waals surface area (Å²) in [4.78, 5) is 26.1. The van der Waals surface area contributed by atoms with Crippen molar-refractivity contribution < 1.29 is 4.79 Å². The highest BCUT2D eigenvalue weighted by molar-refractivity contribution is 6.05. The van der Waals surface area contributed by atoms with Crippen LogP contribution < -0.4 is 5.43 Å². The maximum absolute atomic E-state index is 12.9. The van der Waals surface area contributed by atoms with Gasteiger partial charge in [0.1, 0.15) is 11.3 Å². The Morgan fingerprint density at radius 3 is 2.55 bits per heavy atom. The number of rotatable bonds is 5. The fourth-order valence-corrected chi connectivity index (χ4v) is 4.97. The molecular weight excluding hydrogens is 412 g/mol. The van der Waals surface area contributed by atoms with Gasteiger partial charge in [-0.25, -0.2) is 9.99 Å². The lowest BCUT2D eigenvalue weighted by Gasteiger charge is -2.28. The first-order valence-corrected chi connectivity index (χ1v) is 12.2. The van der Waals surface area contributed by atoms with E-state index < -0.39 is 0 Å². The van der Waals surface area contributed by atoms with E-state index >= 15 is 0 Å². The molecule has 1 atom stereocenters. The van der Waals surface area contributed by atoms with E-state index in [1.165, 1.54) is 18.5 Å². The maximum Gasteiger partial charge on any atom is 0.267 e. The van der Waals surface area contributed by atoms with Crippen molar-refractivity contribution in [2.75, 3.05) is 46.3 Å². The predicted octanol–water partition coefficient (Wildman–Crippen LogP) is 3.67. The number of hydrogen-bond acceptors (Lipinski definition) is 5. The summed E-state index contributed by atoms with van der Waals surface area (Å²) in [6.07, 6.45) is 3.46. The third-order valence-corrected chi connectivity index (χ3v) is 7.09. The number of para-hydroxylation sites is 1. The Balaban J connectivity index is 1.34. The standard InChI is InChI=1S/C26H34N6O/c1-19(31-14-6-13-30(2)17-18-31)20-9-11-21(12-10-20)25-27-23-8-5-7-22(24(23)28-25)26(33)29-32-15-3-4-16-32/h5,7-12,19H,3-4,6,13-18H2,1-2H3,(H,27,28)(H,29,33). The van der Waals surface area contributed by atoms with Crippen LogP contribution in [-0.4, -0.2) is 77.0 Å². The van der Waals surface area contributed by atoms with Crippen LogP contribution in [0.2, 0.25) is 0 Å². The number of likely N-dealkylation sites (N-methyl/N-ethyl adjacent to an activating group) is 1. The minimum Gasteiger partial charge on any atom is -0.338 e. The van der Waals surface area contributed by atoms with Crippen molar-refractivity contribution >= 4 is 16.9 Å². The van der Waals surface area contributed by atoms with Crippen LogP contribution in [-0.2, 0) is 0 Å². The lowest BCUT2D eigenvalue weighted by molar-refractivity contribution is 0.0827. The van der Waals surface area contributed by atoms with Crippen LogP contribution in [0.1, 0.15) is 48.1 Å². The van der Waals surface area contributed by atoms with Crippen LogP contribution in [0.15, 0.2) is 42.5 Å². The van der Waals surface area contributed by atoms with Gasteiger partial charge >= 0.3 is 0 Å². The first kappa shape index (κ1) is 22.1. The quantitative estimate of drug-likeness (QED) is 0.626. The van der Waals surface area contributed by atoms with Gasteiger partial charge in [-0.2, -0.15) is 0 Å². The number of imidazole rings is 1. The fourth-order valence-electron chi connectivity index (χ4n) is 4.97. The van der Waals surface area contributed by atoms with E-state index in [0.29, 0.717) is 11.6 Å². The number of nitrogens with one attached hydrogen (secondary N) is 2. The van der Waals surface area contributed by atoms with Gasteiger partial charge in [-0.3, -0.25) is 15.1 Å². The van der Waals surface area contributed by atoms with Crippen LogP contribution >= 0.6 is 0 Å². The number of aromatic amines is 1. The number of H-pyrrole nitrogens is 1. The maximum atomic E-state index is 12.9. The molecule has 1 unspecified atom stereocenters. The molecule has 174 valence electrons. The Bertz CT molecular complexity index is 1100. The molecule has 2 aliphatic heterocycles. The summed E-state index contributed by atoms with van der Waals surface area (Å²) in [7, 11) is 2.21. The van der Waals surface area contributed by atoms with Crippen molar-refractivity contribution in [3.8, 4) is 11.4 Å². The molecule has 0 spiro atoms. The molecule has 2 saturated heterocycles. The SMILES string of the molecule is CC(c1ccc(-c2nc3c(C(=O)NN4CCCC4)cccc3[nH]2)cc1)N1CCCN(C)CC1. The minimum absolute atomic E-state index is 0.0900. The summed E-state index contributed by atoms with van der Waals surface area (Å²) in [5.41, 5.74) is 7.59. The zero-order chi connectivity index (χ0) is 22.8. The largest absolute Gasteiger partial charge is 0.338 e. The molecule has 2 aromatic carbocycles. The third-order valence-electron chi connectivity index (χ3n) is 7.09. The van der Waals surface area contributed by atoms with Gasteiger partial charge < -0.3 is 9.88 Å². The highest BCUT2D eigenvalue weighted by atomic mass is 16.2. The van der Waals surface area contributed by atoms with Crippen LogP contribution in [0.4, 0.5) is 0 Å². The number of amides is 1. The zero-order valence-corrected chi connectivity index (χ0v) is 19.7. The van der Waals surface area contributed by atoms with Crippen molar-refractivity contribution in [2.24, 2.45) is 0 Å². The second-order valence-electron chi connectivity index (χ2n) is 9.41. The predicted molar refractivity (Wildman–Crippen MR) is 132 cm³/mol. The lowest BCUT2D eigenvalue weighted by atomic mass is 10.0. The van der Waals surface area contributed by atoms with Crippen molar-refractivity contribution in [1.82, 2.24) is 30.2 Å². The van der Waals surface area contributed by atoms with E-state index in [0.717, 1.165) is 68.0 Å². The van der Waals surface area contributed by atoms with E-state index in [1.54, 1.807) is 0 Å². The number of fused-ring (bicyclic) bond motifs is 1. The first-order chi connectivity index (χ1) is 16.1. The van der Waals surface area contributed by atoms with Crippen LogP contribution in [0.3, 0.4) is 0 Å². The lowest BCUT2D eigenvalue weighted by Crippen LogP contribution is -2.40. The Kier molecular flexibility index (Phi) is 6.44. The second-order valence-corrected chi connectivity index (χ2v) is 9.41. The van der Waals surface area contributed by atoms with Gasteiger partial charge in [-0.05, 0) is 57.5 Å². The van der Waals surface area contributed by atoms with Gasteiger partial charge in [0.2, 0.25) is 0 Å². The molecule has 2 fully saturated rings. The molecule has 33 heavy (non-hydrogen) atoms. The van der Waals surface area contributed by atoms with Gasteiger partial charge in [0.05, 0.1) is 11.1 Å². The highest BCUT2D eigenvalue weighted by Crippen LogP contribution is 2.27. The molecule has 3 heterocycles. The van der Waals surface area contributed by atoms with Crippen molar-refractivity contribution in [1.29, 1.82) is 0 Å². The molecular formula is C26H34N6O. The average molecular weight is 447 g/mol. The number of nitrogens with zero attached hydrogens (tertiary/aromatic N) is 4. The van der Waals surface area contributed by atoms with Crippen LogP contribution in [0, 0.1) is 0 Å². The van der Waals surface area contributed by atoms with E-state index in [2.05, 4.69) is 58.4 Å². The van der Waals surface area contributed by atoms with Crippen LogP contribution in [0.25, 0.3) is 22.4 Å². The smallest absolute Gasteiger partial charge is 0.267 e. The number of carbonyl (C=O) groups excluding carboxylic acids is 1. The Labute approximate surface area is 195 Å². The summed E-state index contributed by atoms with van der Waals surface area (Å²) in [6, 6.07) is 14.8. The summed E-state index contributed by atoms with van der Waals surface area (Å²) in [5.74, 6) is 0.704. The molecule has 7 nitrogen and oxygen atoms in total. The Hall–Kier alpha value is -2.74. The number of hydrogen-bond donors (Lipinski definition) is 2. The Morgan fingerprint density at radius 1 is 0.970 bits per heavy atom. The van der Waals surface area contributed by atoms with Gasteiger partial charge in [0.15, 0.2) is 0 Å².